The minimum absolute atomic E-state index is 0.230. The fourth-order valence-electron chi connectivity index (χ4n) is 5.51. The Kier molecular flexibility index (Phi) is 4.78. The summed E-state index contributed by atoms with van der Waals surface area (Å²) in [6.07, 6.45) is 7.34. The van der Waals surface area contributed by atoms with E-state index in [1.54, 1.807) is 6.33 Å². The third kappa shape index (κ3) is 3.12. The van der Waals surface area contributed by atoms with Gasteiger partial charge in [-0.15, -0.1) is 0 Å². The van der Waals surface area contributed by atoms with Crippen LogP contribution in [-0.2, 0) is 13.0 Å². The van der Waals surface area contributed by atoms with Gasteiger partial charge in [0.1, 0.15) is 23.8 Å². The topological polar surface area (TPSA) is 52.0 Å². The van der Waals surface area contributed by atoms with Crippen molar-refractivity contribution in [2.45, 2.75) is 58.7 Å². The van der Waals surface area contributed by atoms with Crippen LogP contribution in [0.4, 0.5) is 0 Å². The lowest BCUT2D eigenvalue weighted by molar-refractivity contribution is 0.140. The van der Waals surface area contributed by atoms with Crippen LogP contribution in [0.1, 0.15) is 49.6 Å². The lowest BCUT2D eigenvalue weighted by Gasteiger charge is -2.26. The molecule has 0 unspecified atom stereocenters. The maximum atomic E-state index is 6.73. The average Bonchev–Trinajstić information content (AvgIpc) is 3.30. The molecular formula is C24H30N4O. The number of rotatable bonds is 4. The Balaban J connectivity index is 1.46. The maximum Gasteiger partial charge on any atom is 0.143 e. The van der Waals surface area contributed by atoms with Crippen molar-refractivity contribution < 1.29 is 4.74 Å². The fourth-order valence-corrected chi connectivity index (χ4v) is 5.51. The molecule has 0 spiro atoms. The molecule has 5 heteroatoms. The molecule has 4 atom stereocenters. The van der Waals surface area contributed by atoms with E-state index < -0.39 is 0 Å². The van der Waals surface area contributed by atoms with Gasteiger partial charge in [-0.05, 0) is 49.9 Å². The lowest BCUT2D eigenvalue weighted by Crippen LogP contribution is -2.27. The van der Waals surface area contributed by atoms with Crippen molar-refractivity contribution >= 4 is 11.0 Å². The summed E-state index contributed by atoms with van der Waals surface area (Å²) < 4.78 is 9.09. The van der Waals surface area contributed by atoms with Crippen molar-refractivity contribution in [1.82, 2.24) is 19.9 Å². The largest absolute Gasteiger partial charge is 0.490 e. The van der Waals surface area contributed by atoms with Crippen LogP contribution in [0.3, 0.4) is 0 Å². The Labute approximate surface area is 172 Å². The molecular weight excluding hydrogens is 360 g/mol. The van der Waals surface area contributed by atoms with Crippen LogP contribution in [0, 0.1) is 18.8 Å². The predicted molar refractivity (Wildman–Crippen MR) is 115 cm³/mol. The van der Waals surface area contributed by atoms with Gasteiger partial charge >= 0.3 is 0 Å². The van der Waals surface area contributed by atoms with E-state index in [-0.39, 0.29) is 6.10 Å². The zero-order chi connectivity index (χ0) is 20.0. The van der Waals surface area contributed by atoms with Crippen LogP contribution in [0.2, 0.25) is 0 Å². The van der Waals surface area contributed by atoms with Crippen LogP contribution in [0.15, 0.2) is 36.8 Å². The molecule has 0 amide bonds. The van der Waals surface area contributed by atoms with Crippen molar-refractivity contribution in [3.05, 3.63) is 53.6 Å². The molecule has 3 aromatic rings. The Hall–Kier alpha value is -2.40. The molecule has 1 aromatic carbocycles. The first-order valence-corrected chi connectivity index (χ1v) is 10.9. The number of benzene rings is 1. The predicted octanol–water partition coefficient (Wildman–Crippen LogP) is 4.44. The highest BCUT2D eigenvalue weighted by molar-refractivity contribution is 5.78. The first kappa shape index (κ1) is 18.6. The summed E-state index contributed by atoms with van der Waals surface area (Å²) >= 11 is 0. The summed E-state index contributed by atoms with van der Waals surface area (Å²) in [5.74, 6) is 2.14. The number of hydrogen-bond donors (Lipinski definition) is 1. The normalized spacial score (nSPS) is 26.6. The minimum Gasteiger partial charge on any atom is -0.490 e. The number of hydrogen-bond acceptors (Lipinski definition) is 4. The van der Waals surface area contributed by atoms with E-state index in [9.17, 15) is 0 Å². The maximum absolute atomic E-state index is 6.73. The number of fused-ring (bicyclic) bond motifs is 2. The third-order valence-electron chi connectivity index (χ3n) is 7.15. The first-order valence-electron chi connectivity index (χ1n) is 10.9. The first-order chi connectivity index (χ1) is 14.2. The molecule has 1 N–H and O–H groups in total. The fraction of sp³-hybridized carbons (Fsp3) is 0.500. The van der Waals surface area contributed by atoms with Crippen molar-refractivity contribution in [2.75, 3.05) is 6.54 Å². The van der Waals surface area contributed by atoms with E-state index in [2.05, 4.69) is 71.1 Å². The van der Waals surface area contributed by atoms with Crippen LogP contribution in [0.5, 0.6) is 5.75 Å². The Bertz CT molecular complexity index is 1030. The molecule has 0 radical (unpaired) electrons. The number of nitrogens with zero attached hydrogens (tertiary/aromatic N) is 3. The van der Waals surface area contributed by atoms with Gasteiger partial charge in [-0.2, -0.15) is 0 Å². The monoisotopic (exact) mass is 390 g/mol. The molecule has 2 aliphatic rings. The summed E-state index contributed by atoms with van der Waals surface area (Å²) in [6, 6.07) is 9.10. The zero-order valence-corrected chi connectivity index (χ0v) is 17.6. The Morgan fingerprint density at radius 3 is 3.00 bits per heavy atom. The summed E-state index contributed by atoms with van der Waals surface area (Å²) in [6.45, 7) is 8.69. The van der Waals surface area contributed by atoms with Crippen molar-refractivity contribution in [1.29, 1.82) is 0 Å². The van der Waals surface area contributed by atoms with E-state index >= 15 is 0 Å². The van der Waals surface area contributed by atoms with E-state index in [1.807, 2.05) is 0 Å². The van der Waals surface area contributed by atoms with Gasteiger partial charge in [0.25, 0.3) is 0 Å². The Morgan fingerprint density at radius 2 is 2.14 bits per heavy atom. The molecule has 152 valence electrons. The average molecular weight is 391 g/mol. The van der Waals surface area contributed by atoms with Crippen molar-refractivity contribution in [3.63, 3.8) is 0 Å². The highest BCUT2D eigenvalue weighted by Crippen LogP contribution is 2.45. The van der Waals surface area contributed by atoms with Crippen LogP contribution in [0.25, 0.3) is 11.0 Å². The second kappa shape index (κ2) is 7.45. The van der Waals surface area contributed by atoms with E-state index in [0.717, 1.165) is 54.8 Å². The molecule has 0 bridgehead atoms. The molecule has 3 heterocycles. The number of nitrogens with one attached hydrogen (secondary N) is 1. The molecule has 2 aromatic heterocycles. The van der Waals surface area contributed by atoms with E-state index in [4.69, 9.17) is 4.74 Å². The van der Waals surface area contributed by atoms with Crippen molar-refractivity contribution in [3.8, 4) is 5.75 Å². The highest BCUT2D eigenvalue weighted by atomic mass is 16.5. The lowest BCUT2D eigenvalue weighted by atomic mass is 9.92. The third-order valence-corrected chi connectivity index (χ3v) is 7.15. The van der Waals surface area contributed by atoms with Gasteiger partial charge < -0.3 is 14.6 Å². The molecule has 5 nitrogen and oxygen atoms in total. The van der Waals surface area contributed by atoms with E-state index in [1.165, 1.54) is 11.1 Å². The van der Waals surface area contributed by atoms with Crippen LogP contribution >= 0.6 is 0 Å². The van der Waals surface area contributed by atoms with Crippen LogP contribution in [-0.4, -0.2) is 27.2 Å². The smallest absolute Gasteiger partial charge is 0.143 e. The summed E-state index contributed by atoms with van der Waals surface area (Å²) in [5, 5.41) is 4.65. The summed E-state index contributed by atoms with van der Waals surface area (Å²) in [7, 11) is 0. The number of aryl methyl sites for hydroxylation is 1. The summed E-state index contributed by atoms with van der Waals surface area (Å²) in [5.41, 5.74) is 4.87. The van der Waals surface area contributed by atoms with Gasteiger partial charge in [-0.1, -0.05) is 26.0 Å². The standard InChI is InChI=1S/C24H30N4O/c1-4-18-15(2)21(28-11-9-19-16(3)26-14-27-24(19)28)12-23(18)29-22-7-5-6-17-8-10-25-13-20(17)22/h5-7,9,11,14-15,18,21,23,25H,4,8,10,12-13H2,1-3H3/t15-,18+,21-,23+/m1/s1. The molecule has 0 saturated heterocycles. The van der Waals surface area contributed by atoms with Crippen molar-refractivity contribution in [2.24, 2.45) is 11.8 Å². The quantitative estimate of drug-likeness (QED) is 0.716. The molecule has 5 rings (SSSR count). The van der Waals surface area contributed by atoms with Gasteiger partial charge in [0.05, 0.1) is 5.69 Å². The second-order valence-corrected chi connectivity index (χ2v) is 8.63. The van der Waals surface area contributed by atoms with Gasteiger partial charge in [0.2, 0.25) is 0 Å². The molecule has 1 aliphatic heterocycles. The van der Waals surface area contributed by atoms with Gasteiger partial charge in [-0.3, -0.25) is 0 Å². The highest BCUT2D eigenvalue weighted by Gasteiger charge is 2.42. The van der Waals surface area contributed by atoms with Gasteiger partial charge in [0, 0.05) is 42.1 Å². The molecule has 1 fully saturated rings. The molecule has 1 aliphatic carbocycles. The van der Waals surface area contributed by atoms with Gasteiger partial charge in [-0.25, -0.2) is 9.97 Å². The minimum atomic E-state index is 0.230. The molecule has 29 heavy (non-hydrogen) atoms. The number of aromatic nitrogens is 3. The van der Waals surface area contributed by atoms with Gasteiger partial charge in [0.15, 0.2) is 0 Å². The molecule has 1 saturated carbocycles. The zero-order valence-electron chi connectivity index (χ0n) is 17.6. The SMILES string of the molecule is CC[C@H]1[C@@H](C)[C@H](n2ccc3c(C)ncnc32)C[C@@H]1Oc1cccc2c1CNCC2. The number of ether oxygens (including phenoxy) is 1. The summed E-state index contributed by atoms with van der Waals surface area (Å²) in [4.78, 5) is 8.96. The Morgan fingerprint density at radius 1 is 1.24 bits per heavy atom. The second-order valence-electron chi connectivity index (χ2n) is 8.63. The van der Waals surface area contributed by atoms with E-state index in [0.29, 0.717) is 17.9 Å². The van der Waals surface area contributed by atoms with Crippen LogP contribution < -0.4 is 10.1 Å².